The smallest absolute Gasteiger partial charge is 0.340 e. The molecule has 9 heteroatoms. The SMILES string of the molecule is CCOC(=O)C1=C(N)Oc2c(c(=O)sc3ccccc23)[C@@H]1c1cccc([N+](=O)[O-])c1. The lowest BCUT2D eigenvalue weighted by molar-refractivity contribution is -0.384. The minimum Gasteiger partial charge on any atom is -0.462 e. The highest BCUT2D eigenvalue weighted by Crippen LogP contribution is 2.45. The number of benzene rings is 2. The Kier molecular flexibility index (Phi) is 4.96. The van der Waals surface area contributed by atoms with E-state index in [1.54, 1.807) is 37.3 Å². The molecular formula is C21H16N2O6S. The zero-order valence-electron chi connectivity index (χ0n) is 15.8. The maximum atomic E-state index is 13.1. The highest BCUT2D eigenvalue weighted by Gasteiger charge is 2.39. The Bertz CT molecular complexity index is 1280. The largest absolute Gasteiger partial charge is 0.462 e. The zero-order valence-corrected chi connectivity index (χ0v) is 16.6. The van der Waals surface area contributed by atoms with E-state index in [9.17, 15) is 19.7 Å². The van der Waals surface area contributed by atoms with Gasteiger partial charge in [0.1, 0.15) is 11.3 Å². The number of carbonyl (C=O) groups is 1. The van der Waals surface area contributed by atoms with Crippen molar-refractivity contribution in [1.82, 2.24) is 0 Å². The van der Waals surface area contributed by atoms with Gasteiger partial charge in [-0.05, 0) is 24.6 Å². The molecule has 4 rings (SSSR count). The second-order valence-corrected chi connectivity index (χ2v) is 7.53. The molecule has 0 radical (unpaired) electrons. The number of nitro benzene ring substituents is 1. The number of nitrogens with zero attached hydrogens (tertiary/aromatic N) is 1. The summed E-state index contributed by atoms with van der Waals surface area (Å²) in [5.41, 5.74) is 6.48. The van der Waals surface area contributed by atoms with Gasteiger partial charge in [-0.3, -0.25) is 14.9 Å². The molecule has 2 heterocycles. The lowest BCUT2D eigenvalue weighted by Crippen LogP contribution is -2.30. The predicted octanol–water partition coefficient (Wildman–Crippen LogP) is 3.43. The van der Waals surface area contributed by atoms with Gasteiger partial charge in [-0.1, -0.05) is 35.6 Å². The Morgan fingerprint density at radius 2 is 2.03 bits per heavy atom. The molecule has 1 aliphatic heterocycles. The maximum absolute atomic E-state index is 13.1. The van der Waals surface area contributed by atoms with E-state index in [4.69, 9.17) is 15.2 Å². The molecule has 1 atom stereocenters. The van der Waals surface area contributed by atoms with E-state index in [0.717, 1.165) is 11.3 Å². The third-order valence-electron chi connectivity index (χ3n) is 4.76. The lowest BCUT2D eigenvalue weighted by atomic mass is 9.83. The monoisotopic (exact) mass is 424 g/mol. The van der Waals surface area contributed by atoms with Crippen LogP contribution in [0.4, 0.5) is 5.69 Å². The average Bonchev–Trinajstić information content (AvgIpc) is 2.73. The van der Waals surface area contributed by atoms with Gasteiger partial charge in [0, 0.05) is 22.2 Å². The lowest BCUT2D eigenvalue weighted by Gasteiger charge is -2.28. The molecule has 152 valence electrons. The Hall–Kier alpha value is -3.72. The van der Waals surface area contributed by atoms with Crippen molar-refractivity contribution >= 4 is 33.1 Å². The van der Waals surface area contributed by atoms with Gasteiger partial charge in [-0.15, -0.1) is 0 Å². The standard InChI is InChI=1S/C21H16N2O6S/c1-2-28-20(24)17-15(11-6-5-7-12(10-11)23(26)27)16-18(29-19(17)22)13-8-3-4-9-14(13)30-21(16)25/h3-10,15H,2,22H2,1H3/t15-/m0/s1. The molecule has 0 aliphatic carbocycles. The first-order valence-corrected chi connectivity index (χ1v) is 9.88. The average molecular weight is 424 g/mol. The molecular weight excluding hydrogens is 408 g/mol. The first-order valence-electron chi connectivity index (χ1n) is 9.07. The van der Waals surface area contributed by atoms with Gasteiger partial charge in [0.05, 0.1) is 23.0 Å². The van der Waals surface area contributed by atoms with Crippen LogP contribution in [0.2, 0.25) is 0 Å². The van der Waals surface area contributed by atoms with Crippen LogP contribution in [0.25, 0.3) is 10.1 Å². The number of nitro groups is 1. The van der Waals surface area contributed by atoms with Crippen molar-refractivity contribution in [2.24, 2.45) is 5.73 Å². The van der Waals surface area contributed by atoms with E-state index < -0.39 is 16.8 Å². The van der Waals surface area contributed by atoms with Crippen LogP contribution in [-0.2, 0) is 9.53 Å². The van der Waals surface area contributed by atoms with Crippen LogP contribution in [0.3, 0.4) is 0 Å². The topological polar surface area (TPSA) is 122 Å². The van der Waals surface area contributed by atoms with Crippen molar-refractivity contribution in [3.8, 4) is 5.75 Å². The predicted molar refractivity (Wildman–Crippen MR) is 112 cm³/mol. The number of esters is 1. The van der Waals surface area contributed by atoms with E-state index in [-0.39, 0.29) is 39.8 Å². The minimum atomic E-state index is -0.957. The number of ether oxygens (including phenoxy) is 2. The van der Waals surface area contributed by atoms with Gasteiger partial charge in [0.25, 0.3) is 5.69 Å². The van der Waals surface area contributed by atoms with E-state index in [0.29, 0.717) is 15.6 Å². The van der Waals surface area contributed by atoms with Crippen molar-refractivity contribution < 1.29 is 19.2 Å². The maximum Gasteiger partial charge on any atom is 0.340 e. The summed E-state index contributed by atoms with van der Waals surface area (Å²) < 4.78 is 11.3. The number of hydrogen-bond acceptors (Lipinski definition) is 8. The molecule has 0 saturated heterocycles. The second-order valence-electron chi connectivity index (χ2n) is 6.51. The van der Waals surface area contributed by atoms with Crippen LogP contribution < -0.4 is 15.2 Å². The van der Waals surface area contributed by atoms with Crippen molar-refractivity contribution in [2.45, 2.75) is 12.8 Å². The number of non-ortho nitro benzene ring substituents is 1. The molecule has 8 nitrogen and oxygen atoms in total. The Labute approximate surface area is 174 Å². The second kappa shape index (κ2) is 7.60. The first kappa shape index (κ1) is 19.6. The van der Waals surface area contributed by atoms with Crippen LogP contribution in [0.15, 0.2) is 64.8 Å². The summed E-state index contributed by atoms with van der Waals surface area (Å²) in [6.45, 7) is 1.73. The van der Waals surface area contributed by atoms with E-state index in [1.807, 2.05) is 0 Å². The van der Waals surface area contributed by atoms with E-state index >= 15 is 0 Å². The summed E-state index contributed by atoms with van der Waals surface area (Å²) in [7, 11) is 0. The number of nitrogens with two attached hydrogens (primary N) is 1. The van der Waals surface area contributed by atoms with Crippen LogP contribution >= 0.6 is 11.3 Å². The number of carbonyl (C=O) groups excluding carboxylic acids is 1. The molecule has 2 aromatic carbocycles. The highest BCUT2D eigenvalue weighted by molar-refractivity contribution is 7.16. The number of hydrogen-bond donors (Lipinski definition) is 1. The molecule has 30 heavy (non-hydrogen) atoms. The summed E-state index contributed by atoms with van der Waals surface area (Å²) in [5, 5.41) is 12.0. The van der Waals surface area contributed by atoms with Gasteiger partial charge < -0.3 is 15.2 Å². The Balaban J connectivity index is 2.05. The van der Waals surface area contributed by atoms with Crippen LogP contribution in [0.5, 0.6) is 5.75 Å². The Morgan fingerprint density at radius 3 is 2.77 bits per heavy atom. The summed E-state index contributed by atoms with van der Waals surface area (Å²) in [6, 6.07) is 12.9. The van der Waals surface area contributed by atoms with Crippen LogP contribution in [0.1, 0.15) is 24.0 Å². The van der Waals surface area contributed by atoms with Gasteiger partial charge in [0.2, 0.25) is 10.6 Å². The van der Waals surface area contributed by atoms with Crippen LogP contribution in [-0.4, -0.2) is 17.5 Å². The van der Waals surface area contributed by atoms with Gasteiger partial charge in [-0.25, -0.2) is 4.79 Å². The van der Waals surface area contributed by atoms with Gasteiger partial charge >= 0.3 is 5.97 Å². The molecule has 1 aliphatic rings. The fourth-order valence-electron chi connectivity index (χ4n) is 3.52. The van der Waals surface area contributed by atoms with Crippen molar-refractivity contribution in [1.29, 1.82) is 0 Å². The quantitative estimate of drug-likeness (QED) is 0.387. The minimum absolute atomic E-state index is 0.0515. The van der Waals surface area contributed by atoms with Crippen molar-refractivity contribution in [3.63, 3.8) is 0 Å². The van der Waals surface area contributed by atoms with Gasteiger partial charge in [-0.2, -0.15) is 0 Å². The first-order chi connectivity index (χ1) is 14.4. The fraction of sp³-hybridized carbons (Fsp3) is 0.143. The third kappa shape index (κ3) is 3.18. The normalized spacial score (nSPS) is 15.4. The summed E-state index contributed by atoms with van der Waals surface area (Å²) in [6.07, 6.45) is 0. The molecule has 1 aromatic heterocycles. The molecule has 0 saturated carbocycles. The number of rotatable bonds is 4. The Morgan fingerprint density at radius 1 is 1.27 bits per heavy atom. The summed E-state index contributed by atoms with van der Waals surface area (Å²) >= 11 is 1.01. The molecule has 3 aromatic rings. The molecule has 0 unspecified atom stereocenters. The van der Waals surface area contributed by atoms with Crippen molar-refractivity contribution in [2.75, 3.05) is 6.61 Å². The molecule has 0 fully saturated rings. The third-order valence-corrected chi connectivity index (χ3v) is 5.74. The van der Waals surface area contributed by atoms with Gasteiger partial charge in [0.15, 0.2) is 0 Å². The highest BCUT2D eigenvalue weighted by atomic mass is 32.1. The summed E-state index contributed by atoms with van der Waals surface area (Å²) in [4.78, 5) is 36.6. The molecule has 0 spiro atoms. The van der Waals surface area contributed by atoms with Crippen LogP contribution in [0, 0.1) is 10.1 Å². The molecule has 2 N–H and O–H groups in total. The molecule has 0 amide bonds. The van der Waals surface area contributed by atoms with E-state index in [1.165, 1.54) is 18.2 Å². The van der Waals surface area contributed by atoms with Crippen molar-refractivity contribution in [3.05, 3.63) is 90.8 Å². The van der Waals surface area contributed by atoms with E-state index in [2.05, 4.69) is 0 Å². The molecule has 0 bridgehead atoms. The zero-order chi connectivity index (χ0) is 21.4. The summed E-state index contributed by atoms with van der Waals surface area (Å²) in [5.74, 6) is -1.65. The fourth-order valence-corrected chi connectivity index (χ4v) is 4.46. The number of fused-ring (bicyclic) bond motifs is 3.